The van der Waals surface area contributed by atoms with E-state index in [4.69, 9.17) is 0 Å². The molecule has 0 saturated carbocycles. The third-order valence-electron chi connectivity index (χ3n) is 3.91. The average molecular weight is 391 g/mol. The van der Waals surface area contributed by atoms with Crippen LogP contribution in [-0.2, 0) is 21.7 Å². The summed E-state index contributed by atoms with van der Waals surface area (Å²) in [5, 5.41) is 5.39. The molecule has 0 nitrogen and oxygen atoms in total. The van der Waals surface area contributed by atoms with Gasteiger partial charge in [-0.25, -0.2) is 6.08 Å². The summed E-state index contributed by atoms with van der Waals surface area (Å²) in [6.45, 7) is 4.41. The monoisotopic (exact) mass is 390 g/mol. The maximum atomic E-state index is 3.14. The Morgan fingerprint density at radius 3 is 1.75 bits per heavy atom. The van der Waals surface area contributed by atoms with Crippen molar-refractivity contribution in [3.63, 3.8) is 0 Å². The Morgan fingerprint density at radius 2 is 1.38 bits per heavy atom. The van der Waals surface area contributed by atoms with Gasteiger partial charge in [0.2, 0.25) is 0 Å². The molecule has 0 aromatic heterocycles. The fourth-order valence-corrected chi connectivity index (χ4v) is 2.72. The Labute approximate surface area is 172 Å². The molecular formula is C21H20Cl2Ti. The number of hydrogen-bond acceptors (Lipinski definition) is 0. The molecule has 122 valence electrons. The van der Waals surface area contributed by atoms with Crippen LogP contribution in [0, 0.1) is 12.0 Å². The van der Waals surface area contributed by atoms with E-state index >= 15 is 0 Å². The molecule has 4 rings (SSSR count). The number of rotatable bonds is 1. The van der Waals surface area contributed by atoms with Gasteiger partial charge in [0, 0.05) is 0 Å². The van der Waals surface area contributed by atoms with Crippen LogP contribution in [0.4, 0.5) is 0 Å². The summed E-state index contributed by atoms with van der Waals surface area (Å²) in [7, 11) is 0. The van der Waals surface area contributed by atoms with Gasteiger partial charge in [0.05, 0.1) is 0 Å². The van der Waals surface area contributed by atoms with E-state index in [0.29, 0.717) is 5.92 Å². The van der Waals surface area contributed by atoms with Gasteiger partial charge in [-0.05, 0) is 0 Å². The minimum Gasteiger partial charge on any atom is -1.00 e. The zero-order valence-electron chi connectivity index (χ0n) is 13.9. The molecule has 0 bridgehead atoms. The molecule has 0 amide bonds. The first kappa shape index (κ1) is 23.1. The molecule has 0 heterocycles. The molecule has 0 atom stereocenters. The second-order valence-corrected chi connectivity index (χ2v) is 5.73. The van der Waals surface area contributed by atoms with Crippen LogP contribution in [0.2, 0.25) is 0 Å². The first-order valence-corrected chi connectivity index (χ1v) is 7.55. The van der Waals surface area contributed by atoms with Crippen molar-refractivity contribution in [1.82, 2.24) is 0 Å². The van der Waals surface area contributed by atoms with Crippen LogP contribution in [0.5, 0.6) is 0 Å². The average Bonchev–Trinajstić information content (AvgIpc) is 3.15. The predicted molar refractivity (Wildman–Crippen MR) is 92.4 cm³/mol. The van der Waals surface area contributed by atoms with Crippen LogP contribution in [0.1, 0.15) is 20.3 Å². The Morgan fingerprint density at radius 1 is 0.875 bits per heavy atom. The van der Waals surface area contributed by atoms with Crippen LogP contribution >= 0.6 is 0 Å². The summed E-state index contributed by atoms with van der Waals surface area (Å²) in [5.74, 6) is 0.685. The second-order valence-electron chi connectivity index (χ2n) is 5.73. The Balaban J connectivity index is 0.000000429. The van der Waals surface area contributed by atoms with E-state index in [1.165, 1.54) is 27.1 Å². The van der Waals surface area contributed by atoms with Gasteiger partial charge >= 0.3 is 21.7 Å². The molecule has 1 aliphatic rings. The number of fused-ring (bicyclic) bond motifs is 3. The summed E-state index contributed by atoms with van der Waals surface area (Å²) in [4.78, 5) is 0. The van der Waals surface area contributed by atoms with Crippen molar-refractivity contribution in [3.8, 4) is 0 Å². The Bertz CT molecular complexity index is 762. The first-order chi connectivity index (χ1) is 10.3. The van der Waals surface area contributed by atoms with E-state index in [2.05, 4.69) is 86.7 Å². The topological polar surface area (TPSA) is 0 Å². The van der Waals surface area contributed by atoms with Crippen molar-refractivity contribution in [3.05, 3.63) is 78.4 Å². The summed E-state index contributed by atoms with van der Waals surface area (Å²) in [6, 6.07) is 19.3. The molecule has 3 aromatic carbocycles. The van der Waals surface area contributed by atoms with E-state index in [1.807, 2.05) is 0 Å². The van der Waals surface area contributed by atoms with Crippen LogP contribution in [0.3, 0.4) is 0 Å². The van der Waals surface area contributed by atoms with E-state index in [1.54, 1.807) is 0 Å². The quantitative estimate of drug-likeness (QED) is 0.407. The second kappa shape index (κ2) is 10.8. The normalized spacial score (nSPS) is 11.9. The van der Waals surface area contributed by atoms with Crippen molar-refractivity contribution in [1.29, 1.82) is 0 Å². The molecule has 0 radical (unpaired) electrons. The predicted octanol–water partition coefficient (Wildman–Crippen LogP) is 0.0493. The third-order valence-corrected chi connectivity index (χ3v) is 3.91. The van der Waals surface area contributed by atoms with E-state index in [0.717, 1.165) is 6.42 Å². The number of hydrogen-bond donors (Lipinski definition) is 0. The van der Waals surface area contributed by atoms with Crippen LogP contribution in [0.25, 0.3) is 21.5 Å². The molecule has 0 unspecified atom stereocenters. The first-order valence-electron chi connectivity index (χ1n) is 7.55. The Kier molecular flexibility index (Phi) is 10.4. The van der Waals surface area contributed by atoms with Crippen molar-refractivity contribution < 1.29 is 46.5 Å². The number of halogens is 2. The third kappa shape index (κ3) is 5.29. The van der Waals surface area contributed by atoms with Crippen molar-refractivity contribution in [2.24, 2.45) is 5.92 Å². The van der Waals surface area contributed by atoms with Gasteiger partial charge < -0.3 is 24.8 Å². The van der Waals surface area contributed by atoms with Crippen molar-refractivity contribution >= 4 is 21.5 Å². The van der Waals surface area contributed by atoms with Gasteiger partial charge in [-0.3, -0.25) is 6.08 Å². The van der Waals surface area contributed by atoms with E-state index in [-0.39, 0.29) is 46.5 Å². The fourth-order valence-electron chi connectivity index (χ4n) is 2.72. The number of allylic oxidation sites excluding steroid dienone is 4. The van der Waals surface area contributed by atoms with E-state index in [9.17, 15) is 0 Å². The maximum absolute atomic E-state index is 3.14. The summed E-state index contributed by atoms with van der Waals surface area (Å²) in [5.41, 5.74) is 1.44. The van der Waals surface area contributed by atoms with Crippen molar-refractivity contribution in [2.45, 2.75) is 20.3 Å². The minimum atomic E-state index is 0. The van der Waals surface area contributed by atoms with Gasteiger partial charge in [-0.15, -0.1) is 46.2 Å². The molecule has 1 aliphatic carbocycles. The van der Waals surface area contributed by atoms with Gasteiger partial charge in [-0.1, -0.05) is 56.2 Å². The molecular weight excluding hydrogens is 371 g/mol. The smallest absolute Gasteiger partial charge is 1.00 e. The minimum absolute atomic E-state index is 0. The van der Waals surface area contributed by atoms with Crippen molar-refractivity contribution in [2.75, 3.05) is 0 Å². The standard InChI is InChI=1S/C13H9.C8H11.2ClH.Ti/c1-3-7-12-10(5-1)9-11-6-2-4-8-13(11)12;1-7(2)8-5-3-4-6-8;;;/h1-9H;5-7H,3H2,1-2H3;2*1H;/q2*-1;;;+4/p-2. The van der Waals surface area contributed by atoms with E-state index < -0.39 is 0 Å². The van der Waals surface area contributed by atoms with Gasteiger partial charge in [-0.2, -0.15) is 11.6 Å². The van der Waals surface area contributed by atoms with Crippen LogP contribution in [0.15, 0.2) is 72.3 Å². The van der Waals surface area contributed by atoms with Gasteiger partial charge in [0.1, 0.15) is 0 Å². The van der Waals surface area contributed by atoms with Crippen LogP contribution < -0.4 is 24.8 Å². The Hall–Kier alpha value is -0.916. The molecule has 0 N–H and O–H groups in total. The molecule has 0 spiro atoms. The fraction of sp³-hybridized carbons (Fsp3) is 0.190. The largest absolute Gasteiger partial charge is 4.00 e. The zero-order chi connectivity index (χ0) is 14.7. The van der Waals surface area contributed by atoms with Gasteiger partial charge in [0.25, 0.3) is 0 Å². The van der Waals surface area contributed by atoms with Crippen LogP contribution in [-0.4, -0.2) is 0 Å². The number of benzene rings is 2. The molecule has 0 aliphatic heterocycles. The summed E-state index contributed by atoms with van der Waals surface area (Å²) in [6.07, 6.45) is 8.47. The molecule has 0 saturated heterocycles. The summed E-state index contributed by atoms with van der Waals surface area (Å²) >= 11 is 0. The maximum Gasteiger partial charge on any atom is 4.00 e. The van der Waals surface area contributed by atoms with Gasteiger partial charge in [0.15, 0.2) is 0 Å². The summed E-state index contributed by atoms with van der Waals surface area (Å²) < 4.78 is 0. The zero-order valence-corrected chi connectivity index (χ0v) is 17.0. The molecule has 3 heteroatoms. The SMILES string of the molecule is CC(C)C1=CC[C-]=C1.[Cl-].[Cl-].[Ti+4].c1ccc2c(c1)[cH-]c1ccccc12. The molecule has 3 aromatic rings. The molecule has 0 fully saturated rings. The molecule has 24 heavy (non-hydrogen) atoms.